The van der Waals surface area contributed by atoms with Crippen LogP contribution in [0.3, 0.4) is 0 Å². The molecule has 182 valence electrons. The molecule has 0 saturated carbocycles. The molecule has 2 heterocycles. The topological polar surface area (TPSA) is 110 Å². The molecule has 1 aromatic carbocycles. The molecule has 11 heteroatoms. The first kappa shape index (κ1) is 24.7. The number of guanidine groups is 1. The number of ether oxygens (including phenoxy) is 1. The lowest BCUT2D eigenvalue weighted by Crippen LogP contribution is -2.36. The van der Waals surface area contributed by atoms with Gasteiger partial charge in [-0.1, -0.05) is 49.3 Å². The molecule has 1 unspecified atom stereocenters. The second-order valence-corrected chi connectivity index (χ2v) is 8.09. The third-order valence-electron chi connectivity index (χ3n) is 5.67. The van der Waals surface area contributed by atoms with Crippen LogP contribution in [-0.2, 0) is 6.18 Å². The molecule has 1 aliphatic heterocycles. The van der Waals surface area contributed by atoms with E-state index in [0.717, 1.165) is 38.2 Å². The second-order valence-electron chi connectivity index (χ2n) is 8.09. The van der Waals surface area contributed by atoms with Gasteiger partial charge in [-0.25, -0.2) is 0 Å². The molecule has 1 aromatic heterocycles. The van der Waals surface area contributed by atoms with Gasteiger partial charge in [0.1, 0.15) is 11.8 Å². The SMILES string of the molecule is CCCCCCCCOc1ccc(-c2noc(C3CCCN3C(N)=NO)n2)cc1C(F)(F)F. The Bertz CT molecular complexity index is 932. The molecule has 8 nitrogen and oxygen atoms in total. The van der Waals surface area contributed by atoms with Gasteiger partial charge in [-0.15, -0.1) is 0 Å². The van der Waals surface area contributed by atoms with E-state index in [4.69, 9.17) is 20.2 Å². The van der Waals surface area contributed by atoms with E-state index in [-0.39, 0.29) is 35.6 Å². The predicted octanol–water partition coefficient (Wildman–Crippen LogP) is 5.34. The lowest BCUT2D eigenvalue weighted by Gasteiger charge is -2.21. The van der Waals surface area contributed by atoms with Gasteiger partial charge in [-0.2, -0.15) is 18.2 Å². The number of nitrogens with two attached hydrogens (primary N) is 1. The largest absolute Gasteiger partial charge is 0.493 e. The highest BCUT2D eigenvalue weighted by Crippen LogP contribution is 2.39. The van der Waals surface area contributed by atoms with Crippen LogP contribution in [0.5, 0.6) is 5.75 Å². The molecule has 3 rings (SSSR count). The standard InChI is InChI=1S/C22H30F3N5O3/c1-2-3-4-5-6-7-13-32-18-11-10-15(14-16(18)22(23,24)25)19-27-20(33-29-19)17-9-8-12-30(17)21(26)28-31/h10-11,14,17,31H,2-9,12-13H2,1H3,(H2,26,28). The Morgan fingerprint density at radius 1 is 1.27 bits per heavy atom. The minimum atomic E-state index is -4.59. The maximum atomic E-state index is 13.7. The third kappa shape index (κ3) is 6.29. The van der Waals surface area contributed by atoms with Crippen molar-refractivity contribution in [3.05, 3.63) is 29.7 Å². The fourth-order valence-corrected chi connectivity index (χ4v) is 3.92. The van der Waals surface area contributed by atoms with Gasteiger partial charge >= 0.3 is 6.18 Å². The Morgan fingerprint density at radius 3 is 2.76 bits per heavy atom. The summed E-state index contributed by atoms with van der Waals surface area (Å²) in [5.74, 6) is -0.0590. The number of nitrogens with zero attached hydrogens (tertiary/aromatic N) is 4. The summed E-state index contributed by atoms with van der Waals surface area (Å²) in [5.41, 5.74) is 4.97. The molecule has 0 bridgehead atoms. The third-order valence-corrected chi connectivity index (χ3v) is 5.67. The monoisotopic (exact) mass is 469 g/mol. The van der Waals surface area contributed by atoms with Crippen LogP contribution in [0.4, 0.5) is 13.2 Å². The minimum Gasteiger partial charge on any atom is -0.493 e. The number of benzene rings is 1. The predicted molar refractivity (Wildman–Crippen MR) is 116 cm³/mol. The zero-order chi connectivity index (χ0) is 23.8. The van der Waals surface area contributed by atoms with Crippen LogP contribution >= 0.6 is 0 Å². The lowest BCUT2D eigenvalue weighted by atomic mass is 10.1. The quantitative estimate of drug-likeness (QED) is 0.159. The number of unbranched alkanes of at least 4 members (excludes halogenated alkanes) is 5. The van der Waals surface area contributed by atoms with E-state index in [0.29, 0.717) is 19.4 Å². The lowest BCUT2D eigenvalue weighted by molar-refractivity contribution is -0.138. The van der Waals surface area contributed by atoms with E-state index >= 15 is 0 Å². The number of halogens is 3. The van der Waals surface area contributed by atoms with Crippen molar-refractivity contribution in [1.29, 1.82) is 0 Å². The minimum absolute atomic E-state index is 0.0318. The van der Waals surface area contributed by atoms with Crippen LogP contribution in [0.25, 0.3) is 11.4 Å². The zero-order valence-corrected chi connectivity index (χ0v) is 18.6. The number of aromatic nitrogens is 2. The molecule has 0 aliphatic carbocycles. The summed E-state index contributed by atoms with van der Waals surface area (Å²) in [4.78, 5) is 5.88. The van der Waals surface area contributed by atoms with Crippen molar-refractivity contribution < 1.29 is 27.6 Å². The molecule has 1 atom stereocenters. The maximum absolute atomic E-state index is 13.7. The molecule has 0 radical (unpaired) electrons. The smallest absolute Gasteiger partial charge is 0.419 e. The van der Waals surface area contributed by atoms with Gasteiger partial charge in [-0.05, 0) is 37.5 Å². The van der Waals surface area contributed by atoms with Crippen molar-refractivity contribution >= 4 is 5.96 Å². The van der Waals surface area contributed by atoms with Gasteiger partial charge in [-0.3, -0.25) is 0 Å². The fraction of sp³-hybridized carbons (Fsp3) is 0.591. The van der Waals surface area contributed by atoms with Crippen LogP contribution in [0.15, 0.2) is 27.9 Å². The van der Waals surface area contributed by atoms with Gasteiger partial charge in [0.2, 0.25) is 17.7 Å². The number of likely N-dealkylation sites (tertiary alicyclic amines) is 1. The maximum Gasteiger partial charge on any atom is 0.419 e. The Hall–Kier alpha value is -2.98. The molecule has 1 fully saturated rings. The Morgan fingerprint density at radius 2 is 2.03 bits per heavy atom. The van der Waals surface area contributed by atoms with Crippen molar-refractivity contribution in [3.8, 4) is 17.1 Å². The van der Waals surface area contributed by atoms with E-state index in [1.165, 1.54) is 18.6 Å². The van der Waals surface area contributed by atoms with Crippen LogP contribution in [0, 0.1) is 0 Å². The summed E-state index contributed by atoms with van der Waals surface area (Å²) in [7, 11) is 0. The first-order valence-electron chi connectivity index (χ1n) is 11.3. The van der Waals surface area contributed by atoms with Gasteiger partial charge in [0.15, 0.2) is 0 Å². The molecular weight excluding hydrogens is 439 g/mol. The summed E-state index contributed by atoms with van der Waals surface area (Å²) in [6.07, 6.45) is 2.93. The van der Waals surface area contributed by atoms with Crippen LogP contribution in [0.1, 0.15) is 75.8 Å². The number of oxime groups is 1. The molecule has 2 aromatic rings. The molecule has 3 N–H and O–H groups in total. The molecule has 0 spiro atoms. The van der Waals surface area contributed by atoms with E-state index in [9.17, 15) is 13.2 Å². The Balaban J connectivity index is 1.72. The van der Waals surface area contributed by atoms with Crippen molar-refractivity contribution in [2.24, 2.45) is 10.9 Å². The Kier molecular flexibility index (Phi) is 8.40. The van der Waals surface area contributed by atoms with Crippen molar-refractivity contribution in [1.82, 2.24) is 15.0 Å². The number of hydrogen-bond acceptors (Lipinski definition) is 6. The van der Waals surface area contributed by atoms with Crippen molar-refractivity contribution in [2.75, 3.05) is 13.2 Å². The first-order valence-corrected chi connectivity index (χ1v) is 11.3. The number of alkyl halides is 3. The van der Waals surface area contributed by atoms with Crippen molar-refractivity contribution in [2.45, 2.75) is 70.5 Å². The van der Waals surface area contributed by atoms with Crippen LogP contribution in [0.2, 0.25) is 0 Å². The van der Waals surface area contributed by atoms with E-state index in [1.807, 2.05) is 0 Å². The zero-order valence-electron chi connectivity index (χ0n) is 18.6. The van der Waals surface area contributed by atoms with Crippen LogP contribution < -0.4 is 10.5 Å². The highest BCUT2D eigenvalue weighted by molar-refractivity contribution is 5.78. The molecule has 0 amide bonds. The van der Waals surface area contributed by atoms with Gasteiger partial charge in [0.25, 0.3) is 0 Å². The average Bonchev–Trinajstić information content (AvgIpc) is 3.47. The molecule has 1 saturated heterocycles. The normalized spacial score (nSPS) is 17.0. The van der Waals surface area contributed by atoms with E-state index in [1.54, 1.807) is 4.90 Å². The molecule has 33 heavy (non-hydrogen) atoms. The fourth-order valence-electron chi connectivity index (χ4n) is 3.92. The highest BCUT2D eigenvalue weighted by Gasteiger charge is 2.36. The van der Waals surface area contributed by atoms with Gasteiger partial charge in [0, 0.05) is 12.1 Å². The van der Waals surface area contributed by atoms with Crippen molar-refractivity contribution in [3.63, 3.8) is 0 Å². The summed E-state index contributed by atoms with van der Waals surface area (Å²) in [5, 5.41) is 15.8. The van der Waals surface area contributed by atoms with Crippen LogP contribution in [-0.4, -0.2) is 39.4 Å². The molecule has 1 aliphatic rings. The second kappa shape index (κ2) is 11.2. The first-order chi connectivity index (χ1) is 15.8. The van der Waals surface area contributed by atoms with E-state index < -0.39 is 17.8 Å². The van der Waals surface area contributed by atoms with Gasteiger partial charge in [0.05, 0.1) is 12.2 Å². The highest BCUT2D eigenvalue weighted by atomic mass is 19.4. The number of rotatable bonds is 10. The average molecular weight is 470 g/mol. The summed E-state index contributed by atoms with van der Waals surface area (Å²) < 4.78 is 51.8. The number of hydrogen-bond donors (Lipinski definition) is 2. The summed E-state index contributed by atoms with van der Waals surface area (Å²) in [6, 6.07) is 3.35. The van der Waals surface area contributed by atoms with Gasteiger partial charge < -0.3 is 25.1 Å². The summed E-state index contributed by atoms with van der Waals surface area (Å²) in [6.45, 7) is 2.90. The summed E-state index contributed by atoms with van der Waals surface area (Å²) >= 11 is 0. The molecular formula is C22H30F3N5O3. The van der Waals surface area contributed by atoms with E-state index in [2.05, 4.69) is 22.2 Å². The Labute approximate surface area is 190 Å².